The molecule has 0 spiro atoms. The fourth-order valence-electron chi connectivity index (χ4n) is 3.38. The highest BCUT2D eigenvalue weighted by atomic mass is 32.2. The predicted octanol–water partition coefficient (Wildman–Crippen LogP) is 3.61. The van der Waals surface area contributed by atoms with Gasteiger partial charge in [-0.15, -0.1) is 0 Å². The summed E-state index contributed by atoms with van der Waals surface area (Å²) in [4.78, 5) is 16.6. The summed E-state index contributed by atoms with van der Waals surface area (Å²) >= 11 is 0. The highest BCUT2D eigenvalue weighted by Crippen LogP contribution is 2.47. The number of pyridine rings is 1. The summed E-state index contributed by atoms with van der Waals surface area (Å²) in [6.45, 7) is 2.20. The molecule has 1 aliphatic rings. The van der Waals surface area contributed by atoms with Gasteiger partial charge in [0, 0.05) is 30.5 Å². The van der Waals surface area contributed by atoms with Gasteiger partial charge in [0.05, 0.1) is 4.90 Å². The van der Waals surface area contributed by atoms with Crippen LogP contribution in [0.4, 0.5) is 5.69 Å². The third-order valence-corrected chi connectivity index (χ3v) is 6.70. The van der Waals surface area contributed by atoms with Gasteiger partial charge in [0.1, 0.15) is 0 Å². The van der Waals surface area contributed by atoms with Crippen LogP contribution in [0.1, 0.15) is 29.0 Å². The van der Waals surface area contributed by atoms with Crippen molar-refractivity contribution in [3.05, 3.63) is 89.7 Å². The smallest absolute Gasteiger partial charge is 0.240 e. The first-order chi connectivity index (χ1) is 14.4. The lowest BCUT2D eigenvalue weighted by molar-refractivity contribution is -0.117. The Hall–Kier alpha value is -3.03. The third-order valence-electron chi connectivity index (χ3n) is 5.28. The molecule has 1 saturated carbocycles. The molecule has 1 aliphatic carbocycles. The molecule has 30 heavy (non-hydrogen) atoms. The van der Waals surface area contributed by atoms with Crippen LogP contribution in [0.25, 0.3) is 0 Å². The highest BCUT2D eigenvalue weighted by Gasteiger charge is 2.43. The van der Waals surface area contributed by atoms with Crippen LogP contribution in [0.5, 0.6) is 0 Å². The normalized spacial score (nSPS) is 18.0. The van der Waals surface area contributed by atoms with Gasteiger partial charge in [-0.25, -0.2) is 13.1 Å². The number of rotatable bonds is 7. The maximum Gasteiger partial charge on any atom is 0.240 e. The van der Waals surface area contributed by atoms with E-state index in [0.29, 0.717) is 5.69 Å². The van der Waals surface area contributed by atoms with Gasteiger partial charge in [-0.2, -0.15) is 0 Å². The average Bonchev–Trinajstić information content (AvgIpc) is 3.56. The third kappa shape index (κ3) is 4.75. The molecule has 2 aromatic carbocycles. The van der Waals surface area contributed by atoms with E-state index in [1.165, 1.54) is 12.1 Å². The van der Waals surface area contributed by atoms with Gasteiger partial charge in [-0.1, -0.05) is 29.8 Å². The summed E-state index contributed by atoms with van der Waals surface area (Å²) in [6.07, 6.45) is 4.27. The van der Waals surface area contributed by atoms with Crippen molar-refractivity contribution >= 4 is 21.6 Å². The largest absolute Gasteiger partial charge is 0.326 e. The number of benzene rings is 2. The van der Waals surface area contributed by atoms with E-state index in [2.05, 4.69) is 15.0 Å². The maximum atomic E-state index is 12.5. The number of nitrogens with one attached hydrogen (secondary N) is 2. The maximum absolute atomic E-state index is 12.5. The first-order valence-electron chi connectivity index (χ1n) is 9.78. The Morgan fingerprint density at radius 2 is 1.67 bits per heavy atom. The van der Waals surface area contributed by atoms with Crippen molar-refractivity contribution < 1.29 is 13.2 Å². The van der Waals surface area contributed by atoms with Gasteiger partial charge < -0.3 is 5.32 Å². The first kappa shape index (κ1) is 20.3. The number of sulfonamides is 1. The van der Waals surface area contributed by atoms with Crippen molar-refractivity contribution in [3.63, 3.8) is 0 Å². The molecule has 0 aliphatic heterocycles. The second-order valence-corrected chi connectivity index (χ2v) is 9.32. The van der Waals surface area contributed by atoms with Crippen LogP contribution in [-0.2, 0) is 21.4 Å². The molecule has 2 unspecified atom stereocenters. The Bertz CT molecular complexity index is 1130. The highest BCUT2D eigenvalue weighted by molar-refractivity contribution is 7.89. The predicted molar refractivity (Wildman–Crippen MR) is 115 cm³/mol. The number of hydrogen-bond acceptors (Lipinski definition) is 4. The molecular formula is C23H23N3O3S. The number of amides is 1. The lowest BCUT2D eigenvalue weighted by Gasteiger charge is -2.09. The Kier molecular flexibility index (Phi) is 5.65. The van der Waals surface area contributed by atoms with Crippen molar-refractivity contribution in [3.8, 4) is 0 Å². The zero-order chi connectivity index (χ0) is 21.1. The summed E-state index contributed by atoms with van der Waals surface area (Å²) < 4.78 is 27.6. The summed E-state index contributed by atoms with van der Waals surface area (Å²) in [5, 5.41) is 2.88. The monoisotopic (exact) mass is 421 g/mol. The SMILES string of the molecule is Cc1ccc(CNS(=O)(=O)c2ccc(NC(=O)C3CC3c3ccncc3)cc2)cc1. The second-order valence-electron chi connectivity index (χ2n) is 7.55. The van der Waals surface area contributed by atoms with Gasteiger partial charge in [-0.05, 0) is 66.8 Å². The van der Waals surface area contributed by atoms with E-state index in [9.17, 15) is 13.2 Å². The molecule has 2 atom stereocenters. The Labute approximate surface area is 176 Å². The number of aromatic nitrogens is 1. The quantitative estimate of drug-likeness (QED) is 0.610. The molecule has 3 aromatic rings. The number of carbonyl (C=O) groups is 1. The molecule has 0 bridgehead atoms. The number of carbonyl (C=O) groups excluding carboxylic acids is 1. The van der Waals surface area contributed by atoms with Gasteiger partial charge in [0.15, 0.2) is 0 Å². The van der Waals surface area contributed by atoms with Crippen molar-refractivity contribution in [2.24, 2.45) is 5.92 Å². The standard InChI is InChI=1S/C23H23N3O3S/c1-16-2-4-17(5-3-16)15-25-30(28,29)20-8-6-19(7-9-20)26-23(27)22-14-21(22)18-10-12-24-13-11-18/h2-13,21-22,25H,14-15H2,1H3,(H,26,27). The molecule has 4 rings (SSSR count). The molecule has 0 saturated heterocycles. The molecule has 1 fully saturated rings. The van der Waals surface area contributed by atoms with Crippen LogP contribution in [0, 0.1) is 12.8 Å². The summed E-state index contributed by atoms with van der Waals surface area (Å²) in [6, 6.07) is 17.8. The van der Waals surface area contributed by atoms with Crippen LogP contribution in [0.3, 0.4) is 0 Å². The molecule has 1 amide bonds. The van der Waals surface area contributed by atoms with E-state index in [0.717, 1.165) is 23.1 Å². The van der Waals surface area contributed by atoms with E-state index in [1.807, 2.05) is 43.3 Å². The fourth-order valence-corrected chi connectivity index (χ4v) is 4.40. The molecule has 6 nitrogen and oxygen atoms in total. The molecule has 154 valence electrons. The topological polar surface area (TPSA) is 88.2 Å². The number of aryl methyl sites for hydroxylation is 1. The van der Waals surface area contributed by atoms with E-state index < -0.39 is 10.0 Å². The van der Waals surface area contributed by atoms with Gasteiger partial charge in [0.2, 0.25) is 15.9 Å². The van der Waals surface area contributed by atoms with Crippen LogP contribution < -0.4 is 10.0 Å². The molecular weight excluding hydrogens is 398 g/mol. The Morgan fingerprint density at radius 3 is 2.33 bits per heavy atom. The van der Waals surface area contributed by atoms with Crippen LogP contribution in [0.2, 0.25) is 0 Å². The second kappa shape index (κ2) is 8.38. The summed E-state index contributed by atoms with van der Waals surface area (Å²) in [5.74, 6) is 0.107. The van der Waals surface area contributed by atoms with Crippen LogP contribution >= 0.6 is 0 Å². The average molecular weight is 422 g/mol. The van der Waals surface area contributed by atoms with Crippen molar-refractivity contribution in [1.29, 1.82) is 0 Å². The van der Waals surface area contributed by atoms with E-state index in [-0.39, 0.29) is 29.2 Å². The fraction of sp³-hybridized carbons (Fsp3) is 0.217. The number of hydrogen-bond donors (Lipinski definition) is 2. The van der Waals surface area contributed by atoms with Crippen LogP contribution in [-0.4, -0.2) is 19.3 Å². The van der Waals surface area contributed by atoms with Crippen molar-refractivity contribution in [2.75, 3.05) is 5.32 Å². The minimum atomic E-state index is -3.63. The van der Waals surface area contributed by atoms with E-state index >= 15 is 0 Å². The van der Waals surface area contributed by atoms with E-state index in [1.54, 1.807) is 24.5 Å². The molecule has 2 N–H and O–H groups in total. The van der Waals surface area contributed by atoms with Crippen LogP contribution in [0.15, 0.2) is 78.0 Å². The van der Waals surface area contributed by atoms with Gasteiger partial charge in [0.25, 0.3) is 0 Å². The Balaban J connectivity index is 1.34. The minimum absolute atomic E-state index is 0.0510. The number of anilines is 1. The Morgan fingerprint density at radius 1 is 1.00 bits per heavy atom. The zero-order valence-corrected chi connectivity index (χ0v) is 17.4. The van der Waals surface area contributed by atoms with Gasteiger partial charge >= 0.3 is 0 Å². The summed E-state index contributed by atoms with van der Waals surface area (Å²) in [7, 11) is -3.63. The zero-order valence-electron chi connectivity index (χ0n) is 16.6. The minimum Gasteiger partial charge on any atom is -0.326 e. The molecule has 1 aromatic heterocycles. The van der Waals surface area contributed by atoms with Gasteiger partial charge in [-0.3, -0.25) is 9.78 Å². The van der Waals surface area contributed by atoms with E-state index in [4.69, 9.17) is 0 Å². The first-order valence-corrected chi connectivity index (χ1v) is 11.3. The lowest BCUT2D eigenvalue weighted by Crippen LogP contribution is -2.23. The number of nitrogens with zero attached hydrogens (tertiary/aromatic N) is 1. The summed E-state index contributed by atoms with van der Waals surface area (Å²) in [5.41, 5.74) is 3.71. The van der Waals surface area contributed by atoms with Crippen molar-refractivity contribution in [2.45, 2.75) is 30.7 Å². The molecule has 1 heterocycles. The molecule has 0 radical (unpaired) electrons. The molecule has 7 heteroatoms. The lowest BCUT2D eigenvalue weighted by atomic mass is 10.1. The van der Waals surface area contributed by atoms with Crippen molar-refractivity contribution in [1.82, 2.24) is 9.71 Å².